The van der Waals surface area contributed by atoms with Gasteiger partial charge in [0.25, 0.3) is 5.91 Å². The second-order valence-electron chi connectivity index (χ2n) is 7.65. The SMILES string of the molecule is O=C([C@H]1CC(O)(C[N+](=O)[O-])CO1)N1CCc2ccccc2[C@@H]1c1ccc(F)cc1. The molecule has 8 heteroatoms. The molecule has 29 heavy (non-hydrogen) atoms. The summed E-state index contributed by atoms with van der Waals surface area (Å²) in [6.07, 6.45) is -0.416. The average Bonchev–Trinajstić information content (AvgIpc) is 3.08. The minimum atomic E-state index is -1.65. The quantitative estimate of drug-likeness (QED) is 0.627. The number of aliphatic hydroxyl groups is 1. The molecular formula is C21H21FN2O5. The van der Waals surface area contributed by atoms with Crippen molar-refractivity contribution in [3.63, 3.8) is 0 Å². The molecule has 152 valence electrons. The summed E-state index contributed by atoms with van der Waals surface area (Å²) in [6.45, 7) is -0.484. The van der Waals surface area contributed by atoms with Gasteiger partial charge in [0.05, 0.1) is 12.6 Å². The van der Waals surface area contributed by atoms with Gasteiger partial charge in [0, 0.05) is 17.9 Å². The molecule has 0 saturated carbocycles. The van der Waals surface area contributed by atoms with E-state index in [1.165, 1.54) is 12.1 Å². The summed E-state index contributed by atoms with van der Waals surface area (Å²) in [5, 5.41) is 21.2. The normalized spacial score (nSPS) is 26.2. The van der Waals surface area contributed by atoms with Crippen LogP contribution < -0.4 is 0 Å². The molecule has 0 spiro atoms. The van der Waals surface area contributed by atoms with E-state index in [-0.39, 0.29) is 24.8 Å². The van der Waals surface area contributed by atoms with Crippen molar-refractivity contribution in [2.45, 2.75) is 30.6 Å². The maximum atomic E-state index is 13.5. The number of hydrogen-bond acceptors (Lipinski definition) is 5. The predicted octanol–water partition coefficient (Wildman–Crippen LogP) is 2.10. The number of carbonyl (C=O) groups is 1. The Hall–Kier alpha value is -2.84. The van der Waals surface area contributed by atoms with Crippen LogP contribution in [0.4, 0.5) is 4.39 Å². The third-order valence-corrected chi connectivity index (χ3v) is 5.57. The molecular weight excluding hydrogens is 379 g/mol. The van der Waals surface area contributed by atoms with Crippen LogP contribution in [0.2, 0.25) is 0 Å². The monoisotopic (exact) mass is 400 g/mol. The summed E-state index contributed by atoms with van der Waals surface area (Å²) in [5.74, 6) is -0.687. The summed E-state index contributed by atoms with van der Waals surface area (Å²) in [6, 6.07) is 13.4. The first kappa shape index (κ1) is 19.5. The molecule has 1 amide bonds. The number of benzene rings is 2. The Balaban J connectivity index is 1.64. The Morgan fingerprint density at radius 3 is 2.72 bits per heavy atom. The van der Waals surface area contributed by atoms with E-state index in [2.05, 4.69) is 0 Å². The van der Waals surface area contributed by atoms with Crippen molar-refractivity contribution < 1.29 is 24.0 Å². The zero-order valence-corrected chi connectivity index (χ0v) is 15.7. The highest BCUT2D eigenvalue weighted by molar-refractivity contribution is 5.82. The molecule has 2 aromatic rings. The highest BCUT2D eigenvalue weighted by atomic mass is 19.1. The maximum Gasteiger partial charge on any atom is 0.252 e. The number of fused-ring (bicyclic) bond motifs is 1. The van der Waals surface area contributed by atoms with Crippen molar-refractivity contribution in [1.29, 1.82) is 0 Å². The summed E-state index contributed by atoms with van der Waals surface area (Å²) >= 11 is 0. The van der Waals surface area contributed by atoms with Crippen molar-refractivity contribution in [1.82, 2.24) is 4.90 Å². The third-order valence-electron chi connectivity index (χ3n) is 5.57. The molecule has 0 bridgehead atoms. The van der Waals surface area contributed by atoms with Crippen LogP contribution in [0.15, 0.2) is 48.5 Å². The number of amides is 1. The molecule has 0 radical (unpaired) electrons. The number of nitro groups is 1. The molecule has 4 rings (SSSR count). The number of hydrogen-bond donors (Lipinski definition) is 1. The van der Waals surface area contributed by atoms with Gasteiger partial charge in [-0.15, -0.1) is 0 Å². The van der Waals surface area contributed by atoms with Gasteiger partial charge >= 0.3 is 0 Å². The van der Waals surface area contributed by atoms with Gasteiger partial charge in [-0.3, -0.25) is 14.9 Å². The van der Waals surface area contributed by atoms with Crippen LogP contribution in [0.1, 0.15) is 29.2 Å². The predicted molar refractivity (Wildman–Crippen MR) is 101 cm³/mol. The van der Waals surface area contributed by atoms with Gasteiger partial charge in [-0.25, -0.2) is 4.39 Å². The second-order valence-corrected chi connectivity index (χ2v) is 7.65. The molecule has 2 aliphatic rings. The molecule has 1 unspecified atom stereocenters. The van der Waals surface area contributed by atoms with E-state index < -0.39 is 29.2 Å². The summed E-state index contributed by atoms with van der Waals surface area (Å²) in [5.41, 5.74) is 1.19. The zero-order valence-electron chi connectivity index (χ0n) is 15.7. The number of carbonyl (C=O) groups excluding carboxylic acids is 1. The van der Waals surface area contributed by atoms with Crippen molar-refractivity contribution in [2.24, 2.45) is 0 Å². The van der Waals surface area contributed by atoms with Crippen LogP contribution in [-0.2, 0) is 16.0 Å². The summed E-state index contributed by atoms with van der Waals surface area (Å²) in [7, 11) is 0. The van der Waals surface area contributed by atoms with Crippen molar-refractivity contribution in [3.05, 3.63) is 81.2 Å². The van der Waals surface area contributed by atoms with E-state index >= 15 is 0 Å². The topological polar surface area (TPSA) is 92.9 Å². The first-order valence-electron chi connectivity index (χ1n) is 9.46. The van der Waals surface area contributed by atoms with Crippen molar-refractivity contribution in [2.75, 3.05) is 19.7 Å². The van der Waals surface area contributed by atoms with Crippen molar-refractivity contribution in [3.8, 4) is 0 Å². The molecule has 2 aromatic carbocycles. The van der Waals surface area contributed by atoms with Crippen LogP contribution in [0.3, 0.4) is 0 Å². The molecule has 1 N–H and O–H groups in total. The van der Waals surface area contributed by atoms with Gasteiger partial charge in [0.15, 0.2) is 5.60 Å². The van der Waals surface area contributed by atoms with E-state index in [1.54, 1.807) is 17.0 Å². The number of nitrogens with zero attached hydrogens (tertiary/aromatic N) is 2. The van der Waals surface area contributed by atoms with Gasteiger partial charge in [-0.05, 0) is 35.2 Å². The zero-order chi connectivity index (χ0) is 20.6. The summed E-state index contributed by atoms with van der Waals surface area (Å²) in [4.78, 5) is 25.1. The van der Waals surface area contributed by atoms with E-state index in [0.717, 1.165) is 16.7 Å². The van der Waals surface area contributed by atoms with Gasteiger partial charge in [0.2, 0.25) is 6.54 Å². The molecule has 1 saturated heterocycles. The molecule has 1 fully saturated rings. The van der Waals surface area contributed by atoms with Crippen LogP contribution in [-0.4, -0.2) is 52.2 Å². The van der Waals surface area contributed by atoms with E-state index in [9.17, 15) is 24.4 Å². The smallest absolute Gasteiger partial charge is 0.252 e. The minimum absolute atomic E-state index is 0.124. The number of ether oxygens (including phenoxy) is 1. The van der Waals surface area contributed by atoms with E-state index in [1.807, 2.05) is 24.3 Å². The summed E-state index contributed by atoms with van der Waals surface area (Å²) < 4.78 is 18.9. The fraction of sp³-hybridized carbons (Fsp3) is 0.381. The lowest BCUT2D eigenvalue weighted by Crippen LogP contribution is -2.46. The van der Waals surface area contributed by atoms with Crippen LogP contribution in [0.25, 0.3) is 0 Å². The highest BCUT2D eigenvalue weighted by Crippen LogP contribution is 2.37. The van der Waals surface area contributed by atoms with E-state index in [0.29, 0.717) is 13.0 Å². The lowest BCUT2D eigenvalue weighted by atomic mass is 9.87. The van der Waals surface area contributed by atoms with Gasteiger partial charge in [-0.2, -0.15) is 0 Å². The lowest BCUT2D eigenvalue weighted by Gasteiger charge is -2.39. The third kappa shape index (κ3) is 3.86. The Morgan fingerprint density at radius 2 is 2.00 bits per heavy atom. The Morgan fingerprint density at radius 1 is 1.28 bits per heavy atom. The van der Waals surface area contributed by atoms with Crippen LogP contribution >= 0.6 is 0 Å². The molecule has 3 atom stereocenters. The number of halogens is 1. The fourth-order valence-corrected chi connectivity index (χ4v) is 4.22. The van der Waals surface area contributed by atoms with Crippen LogP contribution in [0, 0.1) is 15.9 Å². The maximum absolute atomic E-state index is 13.5. The minimum Gasteiger partial charge on any atom is -0.380 e. The van der Waals surface area contributed by atoms with Gasteiger partial charge < -0.3 is 14.7 Å². The fourth-order valence-electron chi connectivity index (χ4n) is 4.22. The molecule has 2 heterocycles. The largest absolute Gasteiger partial charge is 0.380 e. The van der Waals surface area contributed by atoms with Gasteiger partial charge in [0.1, 0.15) is 11.9 Å². The highest BCUT2D eigenvalue weighted by Gasteiger charge is 2.47. The average molecular weight is 400 g/mol. The van der Waals surface area contributed by atoms with Crippen LogP contribution in [0.5, 0.6) is 0 Å². The Labute approximate surface area is 166 Å². The second kappa shape index (κ2) is 7.53. The Bertz CT molecular complexity index is 935. The molecule has 0 aliphatic carbocycles. The van der Waals surface area contributed by atoms with Crippen molar-refractivity contribution >= 4 is 5.91 Å². The molecule has 7 nitrogen and oxygen atoms in total. The Kier molecular flexibility index (Phi) is 5.06. The first-order chi connectivity index (χ1) is 13.9. The molecule has 2 aliphatic heterocycles. The first-order valence-corrected chi connectivity index (χ1v) is 9.46. The van der Waals surface area contributed by atoms with E-state index in [4.69, 9.17) is 4.74 Å². The lowest BCUT2D eigenvalue weighted by molar-refractivity contribution is -0.500. The number of rotatable bonds is 4. The molecule has 0 aromatic heterocycles. The van der Waals surface area contributed by atoms with Gasteiger partial charge in [-0.1, -0.05) is 36.4 Å². The standard InChI is InChI=1S/C21H21FN2O5/c22-16-7-5-15(6-8-16)19-17-4-2-1-3-14(17)9-10-23(19)20(25)18-11-21(26,13-29-18)12-24(27)28/h1-8,18-19,26H,9-13H2/t18-,19+,21?/m1/s1.